The zero-order valence-corrected chi connectivity index (χ0v) is 12.8. The van der Waals surface area contributed by atoms with Gasteiger partial charge in [-0.05, 0) is 37.6 Å². The minimum Gasteiger partial charge on any atom is -0.352 e. The lowest BCUT2D eigenvalue weighted by Crippen LogP contribution is -2.49. The molecule has 108 valence electrons. The number of hydrogen-bond acceptors (Lipinski definition) is 3. The molecule has 2 rings (SSSR count). The number of carbonyl (C=O) groups excluding carboxylic acids is 1. The van der Waals surface area contributed by atoms with Gasteiger partial charge in [-0.15, -0.1) is 24.8 Å². The Balaban J connectivity index is 0.00000162. The first-order valence-corrected chi connectivity index (χ1v) is 6.07. The van der Waals surface area contributed by atoms with Gasteiger partial charge in [-0.25, -0.2) is 0 Å². The fourth-order valence-corrected chi connectivity index (χ4v) is 1.83. The van der Waals surface area contributed by atoms with Gasteiger partial charge in [-0.1, -0.05) is 13.0 Å². The summed E-state index contributed by atoms with van der Waals surface area (Å²) in [6, 6.07) is 3.96. The van der Waals surface area contributed by atoms with E-state index in [4.69, 9.17) is 0 Å². The second-order valence-corrected chi connectivity index (χ2v) is 4.73. The number of pyridine rings is 1. The molecule has 2 heterocycles. The van der Waals surface area contributed by atoms with Gasteiger partial charge in [-0.3, -0.25) is 9.78 Å². The largest absolute Gasteiger partial charge is 0.352 e. The topological polar surface area (TPSA) is 54.0 Å². The van der Waals surface area contributed by atoms with Crippen molar-refractivity contribution in [3.05, 3.63) is 29.6 Å². The van der Waals surface area contributed by atoms with Crippen LogP contribution in [0.2, 0.25) is 0 Å². The van der Waals surface area contributed by atoms with Crippen molar-refractivity contribution in [3.63, 3.8) is 0 Å². The van der Waals surface area contributed by atoms with Gasteiger partial charge in [0, 0.05) is 24.4 Å². The smallest absolute Gasteiger partial charge is 0.223 e. The molecule has 6 heteroatoms. The summed E-state index contributed by atoms with van der Waals surface area (Å²) in [6.07, 6.45) is 1.81. The van der Waals surface area contributed by atoms with E-state index in [1.54, 1.807) is 0 Å². The quantitative estimate of drug-likeness (QED) is 0.890. The molecule has 4 nitrogen and oxygen atoms in total. The number of nitrogens with zero attached hydrogens (tertiary/aromatic N) is 1. The molecule has 1 aliphatic rings. The average Bonchev–Trinajstić information content (AvgIpc) is 2.25. The number of aromatic nitrogens is 1. The molecule has 1 fully saturated rings. The van der Waals surface area contributed by atoms with Crippen molar-refractivity contribution in [3.8, 4) is 0 Å². The van der Waals surface area contributed by atoms with E-state index in [9.17, 15) is 4.79 Å². The van der Waals surface area contributed by atoms with Crippen molar-refractivity contribution in [1.82, 2.24) is 15.6 Å². The second kappa shape index (κ2) is 8.35. The van der Waals surface area contributed by atoms with Crippen LogP contribution in [0.25, 0.3) is 0 Å². The van der Waals surface area contributed by atoms with Crippen molar-refractivity contribution < 1.29 is 4.79 Å². The van der Waals surface area contributed by atoms with Gasteiger partial charge in [0.1, 0.15) is 0 Å². The Morgan fingerprint density at radius 2 is 2.16 bits per heavy atom. The molecule has 0 aliphatic carbocycles. The number of amides is 1. The number of hydrogen-bond donors (Lipinski definition) is 2. The maximum absolute atomic E-state index is 11.9. The normalized spacial score (nSPS) is 15.5. The van der Waals surface area contributed by atoms with Gasteiger partial charge in [-0.2, -0.15) is 0 Å². The molecule has 0 saturated carbocycles. The molecule has 0 bridgehead atoms. The molecule has 19 heavy (non-hydrogen) atoms. The minimum atomic E-state index is 0. The number of aryl methyl sites for hydroxylation is 1. The fraction of sp³-hybridized carbons (Fsp3) is 0.538. The molecule has 1 atom stereocenters. The van der Waals surface area contributed by atoms with E-state index < -0.39 is 0 Å². The third kappa shape index (κ3) is 4.97. The summed E-state index contributed by atoms with van der Waals surface area (Å²) in [4.78, 5) is 16.1. The van der Waals surface area contributed by atoms with Crippen LogP contribution in [0.15, 0.2) is 18.3 Å². The Morgan fingerprint density at radius 3 is 2.63 bits per heavy atom. The first-order chi connectivity index (χ1) is 8.16. The van der Waals surface area contributed by atoms with Crippen molar-refractivity contribution in [1.29, 1.82) is 0 Å². The van der Waals surface area contributed by atoms with E-state index in [2.05, 4.69) is 15.6 Å². The van der Waals surface area contributed by atoms with Crippen LogP contribution in [0.1, 0.15) is 18.2 Å². The highest BCUT2D eigenvalue weighted by Crippen LogP contribution is 2.15. The number of halogens is 2. The monoisotopic (exact) mass is 305 g/mol. The molecule has 1 amide bonds. The molecular formula is C13H21Cl2N3O. The van der Waals surface area contributed by atoms with E-state index >= 15 is 0 Å². The SMILES string of the molecule is Cc1ccc(CNC(=O)C(C)C2CNC2)cn1.Cl.Cl. The van der Waals surface area contributed by atoms with E-state index in [1.807, 2.05) is 32.2 Å². The summed E-state index contributed by atoms with van der Waals surface area (Å²) in [5.41, 5.74) is 2.04. The zero-order chi connectivity index (χ0) is 12.3. The molecule has 1 aromatic rings. The minimum absolute atomic E-state index is 0. The molecule has 2 N–H and O–H groups in total. The molecule has 0 spiro atoms. The van der Waals surface area contributed by atoms with Crippen LogP contribution < -0.4 is 10.6 Å². The zero-order valence-electron chi connectivity index (χ0n) is 11.2. The summed E-state index contributed by atoms with van der Waals surface area (Å²) in [7, 11) is 0. The molecule has 1 unspecified atom stereocenters. The number of carbonyl (C=O) groups is 1. The van der Waals surface area contributed by atoms with Crippen molar-refractivity contribution in [2.45, 2.75) is 20.4 Å². The summed E-state index contributed by atoms with van der Waals surface area (Å²) in [5, 5.41) is 6.15. The van der Waals surface area contributed by atoms with Gasteiger partial charge >= 0.3 is 0 Å². The van der Waals surface area contributed by atoms with E-state index in [-0.39, 0.29) is 36.6 Å². The first kappa shape index (κ1) is 18.2. The average molecular weight is 306 g/mol. The number of rotatable bonds is 4. The van der Waals surface area contributed by atoms with Crippen LogP contribution in [0.5, 0.6) is 0 Å². The third-order valence-electron chi connectivity index (χ3n) is 3.37. The Hall–Kier alpha value is -0.840. The highest BCUT2D eigenvalue weighted by atomic mass is 35.5. The van der Waals surface area contributed by atoms with Gasteiger partial charge in [0.25, 0.3) is 0 Å². The van der Waals surface area contributed by atoms with Gasteiger partial charge in [0.05, 0.1) is 0 Å². The number of nitrogens with one attached hydrogen (secondary N) is 2. The van der Waals surface area contributed by atoms with Gasteiger partial charge in [0.15, 0.2) is 0 Å². The van der Waals surface area contributed by atoms with E-state index in [1.165, 1.54) is 0 Å². The summed E-state index contributed by atoms with van der Waals surface area (Å²) >= 11 is 0. The molecular weight excluding hydrogens is 285 g/mol. The highest BCUT2D eigenvalue weighted by Gasteiger charge is 2.28. The van der Waals surface area contributed by atoms with Crippen molar-refractivity contribution in [2.24, 2.45) is 11.8 Å². The standard InChI is InChI=1S/C13H19N3O.2ClH/c1-9-3-4-11(5-15-9)6-16-13(17)10(2)12-7-14-8-12;;/h3-5,10,12,14H,6-8H2,1-2H3,(H,16,17);2*1H. The van der Waals surface area contributed by atoms with Gasteiger partial charge in [0.2, 0.25) is 5.91 Å². The lowest BCUT2D eigenvalue weighted by Gasteiger charge is -2.31. The molecule has 0 aromatic carbocycles. The Labute approximate surface area is 126 Å². The second-order valence-electron chi connectivity index (χ2n) is 4.73. The first-order valence-electron chi connectivity index (χ1n) is 6.07. The van der Waals surface area contributed by atoms with Crippen LogP contribution >= 0.6 is 24.8 Å². The maximum atomic E-state index is 11.9. The van der Waals surface area contributed by atoms with E-state index in [0.717, 1.165) is 24.3 Å². The van der Waals surface area contributed by atoms with Crippen LogP contribution in [0, 0.1) is 18.8 Å². The van der Waals surface area contributed by atoms with Crippen molar-refractivity contribution >= 4 is 30.7 Å². The highest BCUT2D eigenvalue weighted by molar-refractivity contribution is 5.85. The van der Waals surface area contributed by atoms with Crippen molar-refractivity contribution in [2.75, 3.05) is 13.1 Å². The predicted molar refractivity (Wildman–Crippen MR) is 80.8 cm³/mol. The van der Waals surface area contributed by atoms with Crippen LogP contribution in [0.3, 0.4) is 0 Å². The summed E-state index contributed by atoms with van der Waals surface area (Å²) in [5.74, 6) is 0.720. The molecule has 1 saturated heterocycles. The molecule has 1 aliphatic heterocycles. The van der Waals surface area contributed by atoms with Crippen LogP contribution in [-0.2, 0) is 11.3 Å². The Bertz CT molecular complexity index is 393. The molecule has 0 radical (unpaired) electrons. The Morgan fingerprint density at radius 1 is 1.47 bits per heavy atom. The predicted octanol–water partition coefficient (Wildman–Crippen LogP) is 1.71. The molecule has 1 aromatic heterocycles. The fourth-order valence-electron chi connectivity index (χ4n) is 1.83. The van der Waals surface area contributed by atoms with Crippen LogP contribution in [0.4, 0.5) is 0 Å². The summed E-state index contributed by atoms with van der Waals surface area (Å²) < 4.78 is 0. The lowest BCUT2D eigenvalue weighted by atomic mass is 9.88. The summed E-state index contributed by atoms with van der Waals surface area (Å²) in [6.45, 7) is 6.43. The third-order valence-corrected chi connectivity index (χ3v) is 3.37. The maximum Gasteiger partial charge on any atom is 0.223 e. The van der Waals surface area contributed by atoms with E-state index in [0.29, 0.717) is 12.5 Å². The van der Waals surface area contributed by atoms with Gasteiger partial charge < -0.3 is 10.6 Å². The lowest BCUT2D eigenvalue weighted by molar-refractivity contribution is -0.126. The van der Waals surface area contributed by atoms with Crippen LogP contribution in [-0.4, -0.2) is 24.0 Å². The Kier molecular flexibility index (Phi) is 7.99.